The molecule has 2 amide bonds. The van der Waals surface area contributed by atoms with Crippen molar-refractivity contribution in [1.29, 1.82) is 0 Å². The smallest absolute Gasteiger partial charge is 0.313 e. The SMILES string of the molecule is O=C(CCN1C(=O)CCC1=O)Oc1ccccc1F. The zero-order valence-electron chi connectivity index (χ0n) is 10.1. The lowest BCUT2D eigenvalue weighted by Gasteiger charge is -2.12. The quantitative estimate of drug-likeness (QED) is 0.467. The van der Waals surface area contributed by atoms with E-state index in [1.54, 1.807) is 6.07 Å². The van der Waals surface area contributed by atoms with Crippen LogP contribution in [-0.2, 0) is 14.4 Å². The van der Waals surface area contributed by atoms with Gasteiger partial charge >= 0.3 is 5.97 Å². The van der Waals surface area contributed by atoms with Crippen molar-refractivity contribution in [3.05, 3.63) is 30.1 Å². The van der Waals surface area contributed by atoms with E-state index in [9.17, 15) is 18.8 Å². The molecule has 5 nitrogen and oxygen atoms in total. The number of halogens is 1. The lowest BCUT2D eigenvalue weighted by molar-refractivity contribution is -0.140. The molecule has 1 aromatic carbocycles. The van der Waals surface area contributed by atoms with Crippen molar-refractivity contribution in [3.63, 3.8) is 0 Å². The Bertz CT molecular complexity index is 513. The minimum atomic E-state index is -0.683. The van der Waals surface area contributed by atoms with Crippen molar-refractivity contribution in [2.45, 2.75) is 19.3 Å². The molecule has 0 aliphatic carbocycles. The zero-order chi connectivity index (χ0) is 13.8. The number of nitrogens with zero attached hydrogens (tertiary/aromatic N) is 1. The average molecular weight is 265 g/mol. The van der Waals surface area contributed by atoms with Crippen LogP contribution in [0.5, 0.6) is 5.75 Å². The first-order valence-electron chi connectivity index (χ1n) is 5.86. The van der Waals surface area contributed by atoms with E-state index in [2.05, 4.69) is 0 Å². The summed E-state index contributed by atoms with van der Waals surface area (Å²) in [7, 11) is 0. The molecule has 1 saturated heterocycles. The molecule has 1 aliphatic rings. The number of carbonyl (C=O) groups excluding carboxylic acids is 3. The van der Waals surface area contributed by atoms with Gasteiger partial charge in [0, 0.05) is 19.4 Å². The van der Waals surface area contributed by atoms with E-state index >= 15 is 0 Å². The predicted molar refractivity (Wildman–Crippen MR) is 62.6 cm³/mol. The molecule has 1 aromatic rings. The second-order valence-electron chi connectivity index (χ2n) is 4.09. The number of ether oxygens (including phenoxy) is 1. The fraction of sp³-hybridized carbons (Fsp3) is 0.308. The third-order valence-corrected chi connectivity index (χ3v) is 2.75. The number of amides is 2. The summed E-state index contributed by atoms with van der Waals surface area (Å²) in [5.41, 5.74) is 0. The van der Waals surface area contributed by atoms with E-state index < -0.39 is 11.8 Å². The predicted octanol–water partition coefficient (Wildman–Crippen LogP) is 1.27. The van der Waals surface area contributed by atoms with Crippen LogP contribution in [0.4, 0.5) is 4.39 Å². The molecule has 0 aromatic heterocycles. The second-order valence-corrected chi connectivity index (χ2v) is 4.09. The van der Waals surface area contributed by atoms with Crippen molar-refractivity contribution >= 4 is 17.8 Å². The first-order chi connectivity index (χ1) is 9.08. The van der Waals surface area contributed by atoms with Gasteiger partial charge in [-0.05, 0) is 12.1 Å². The highest BCUT2D eigenvalue weighted by molar-refractivity contribution is 6.02. The Hall–Kier alpha value is -2.24. The van der Waals surface area contributed by atoms with Gasteiger partial charge in [0.05, 0.1) is 6.42 Å². The van der Waals surface area contributed by atoms with Crippen molar-refractivity contribution in [1.82, 2.24) is 4.90 Å². The molecular formula is C13H12FNO4. The number of benzene rings is 1. The van der Waals surface area contributed by atoms with Crippen LogP contribution in [0.15, 0.2) is 24.3 Å². The van der Waals surface area contributed by atoms with Gasteiger partial charge in [-0.3, -0.25) is 19.3 Å². The van der Waals surface area contributed by atoms with Crippen LogP contribution in [0.1, 0.15) is 19.3 Å². The van der Waals surface area contributed by atoms with Crippen molar-refractivity contribution in [3.8, 4) is 5.75 Å². The van der Waals surface area contributed by atoms with E-state index in [-0.39, 0.29) is 43.4 Å². The molecule has 0 unspecified atom stereocenters. The molecule has 19 heavy (non-hydrogen) atoms. The lowest BCUT2D eigenvalue weighted by atomic mass is 10.3. The average Bonchev–Trinajstić information content (AvgIpc) is 2.70. The van der Waals surface area contributed by atoms with Crippen molar-refractivity contribution < 1.29 is 23.5 Å². The van der Waals surface area contributed by atoms with Crippen LogP contribution in [0.25, 0.3) is 0 Å². The summed E-state index contributed by atoms with van der Waals surface area (Å²) in [4.78, 5) is 35.1. The normalized spacial score (nSPS) is 14.9. The fourth-order valence-electron chi connectivity index (χ4n) is 1.78. The molecule has 0 N–H and O–H groups in total. The van der Waals surface area contributed by atoms with Gasteiger partial charge in [0.25, 0.3) is 0 Å². The van der Waals surface area contributed by atoms with Crippen LogP contribution < -0.4 is 4.74 Å². The second kappa shape index (κ2) is 5.60. The van der Waals surface area contributed by atoms with E-state index in [0.29, 0.717) is 0 Å². The summed E-state index contributed by atoms with van der Waals surface area (Å²) in [6.45, 7) is -0.0229. The Morgan fingerprint density at radius 2 is 1.84 bits per heavy atom. The molecule has 1 heterocycles. The number of carbonyl (C=O) groups is 3. The zero-order valence-corrected chi connectivity index (χ0v) is 10.1. The fourth-order valence-corrected chi connectivity index (χ4v) is 1.78. The molecule has 100 valence electrons. The minimum absolute atomic E-state index is 0.0229. The number of para-hydroxylation sites is 1. The third kappa shape index (κ3) is 3.15. The molecule has 0 atom stereocenters. The molecular weight excluding hydrogens is 253 g/mol. The Kier molecular flexibility index (Phi) is 3.89. The van der Waals surface area contributed by atoms with Gasteiger partial charge in [0.2, 0.25) is 11.8 Å². The summed E-state index contributed by atoms with van der Waals surface area (Å²) >= 11 is 0. The van der Waals surface area contributed by atoms with Gasteiger partial charge in [0.15, 0.2) is 11.6 Å². The Balaban J connectivity index is 1.87. The summed E-state index contributed by atoms with van der Waals surface area (Å²) in [6, 6.07) is 5.53. The highest BCUT2D eigenvalue weighted by Gasteiger charge is 2.29. The first-order valence-corrected chi connectivity index (χ1v) is 5.86. The van der Waals surface area contributed by atoms with Gasteiger partial charge in [-0.2, -0.15) is 0 Å². The molecule has 0 radical (unpaired) electrons. The van der Waals surface area contributed by atoms with E-state index in [1.165, 1.54) is 18.2 Å². The highest BCUT2D eigenvalue weighted by atomic mass is 19.1. The van der Waals surface area contributed by atoms with Gasteiger partial charge < -0.3 is 4.74 Å². The number of likely N-dealkylation sites (tertiary alicyclic amines) is 1. The van der Waals surface area contributed by atoms with Crippen LogP contribution >= 0.6 is 0 Å². The summed E-state index contributed by atoms with van der Waals surface area (Å²) in [5.74, 6) is -2.05. The third-order valence-electron chi connectivity index (χ3n) is 2.75. The molecule has 1 fully saturated rings. The Labute approximate surface area is 109 Å². The van der Waals surface area contributed by atoms with E-state index in [4.69, 9.17) is 4.74 Å². The number of rotatable bonds is 4. The highest BCUT2D eigenvalue weighted by Crippen LogP contribution is 2.17. The number of hydrogen-bond donors (Lipinski definition) is 0. The summed E-state index contributed by atoms with van der Waals surface area (Å²) in [6.07, 6.45) is 0.216. The van der Waals surface area contributed by atoms with Gasteiger partial charge in [-0.25, -0.2) is 4.39 Å². The van der Waals surface area contributed by atoms with E-state index in [0.717, 1.165) is 4.90 Å². The van der Waals surface area contributed by atoms with Gasteiger partial charge in [-0.15, -0.1) is 0 Å². The molecule has 6 heteroatoms. The molecule has 1 aliphatic heterocycles. The van der Waals surface area contributed by atoms with E-state index in [1.807, 2.05) is 0 Å². The standard InChI is InChI=1S/C13H12FNO4/c14-9-3-1-2-4-10(9)19-13(18)7-8-15-11(16)5-6-12(15)17/h1-4H,5-8H2. The minimum Gasteiger partial charge on any atom is -0.423 e. The van der Waals surface area contributed by atoms with Crippen molar-refractivity contribution in [2.24, 2.45) is 0 Å². The number of imide groups is 1. The molecule has 0 bridgehead atoms. The maximum Gasteiger partial charge on any atom is 0.313 e. The first kappa shape index (κ1) is 13.2. The maximum absolute atomic E-state index is 13.2. The Morgan fingerprint density at radius 1 is 1.21 bits per heavy atom. The largest absolute Gasteiger partial charge is 0.423 e. The van der Waals surface area contributed by atoms with Crippen LogP contribution in [0.3, 0.4) is 0 Å². The number of hydrogen-bond acceptors (Lipinski definition) is 4. The lowest BCUT2D eigenvalue weighted by Crippen LogP contribution is -2.32. The summed E-state index contributed by atoms with van der Waals surface area (Å²) in [5, 5.41) is 0. The molecule has 0 saturated carbocycles. The molecule has 2 rings (SSSR count). The van der Waals surface area contributed by atoms with Gasteiger partial charge in [-0.1, -0.05) is 12.1 Å². The maximum atomic E-state index is 13.2. The number of esters is 1. The van der Waals surface area contributed by atoms with Crippen LogP contribution in [0, 0.1) is 5.82 Å². The topological polar surface area (TPSA) is 63.7 Å². The summed E-state index contributed by atoms with van der Waals surface area (Å²) < 4.78 is 18.0. The Morgan fingerprint density at radius 3 is 2.47 bits per heavy atom. The van der Waals surface area contributed by atoms with Crippen LogP contribution in [0.2, 0.25) is 0 Å². The monoisotopic (exact) mass is 265 g/mol. The van der Waals surface area contributed by atoms with Crippen LogP contribution in [-0.4, -0.2) is 29.2 Å². The van der Waals surface area contributed by atoms with Gasteiger partial charge in [0.1, 0.15) is 0 Å². The van der Waals surface area contributed by atoms with Crippen molar-refractivity contribution in [2.75, 3.05) is 6.54 Å². The molecule has 0 spiro atoms.